The van der Waals surface area contributed by atoms with Crippen molar-refractivity contribution >= 4 is 18.3 Å². The molecular weight excluding hydrogens is 328 g/mol. The number of carbonyl (C=O) groups is 1. The minimum atomic E-state index is -0.0697. The molecule has 1 saturated heterocycles. The molecule has 1 unspecified atom stereocenters. The van der Waals surface area contributed by atoms with Gasteiger partial charge in [0, 0.05) is 18.2 Å². The molecule has 0 saturated carbocycles. The summed E-state index contributed by atoms with van der Waals surface area (Å²) in [6.45, 7) is 6.96. The summed E-state index contributed by atoms with van der Waals surface area (Å²) >= 11 is 0. The standard InChI is InChI=1S/C18H28N2O3.ClH/c1-3-5-11-23-16-9-8-14(12-17(16)22-4-2)18(21)20-13-15-7-6-10-19-15;/h8-9,12,15,19H,3-7,10-11,13H2,1-2H3,(H,20,21);1H. The fourth-order valence-corrected chi connectivity index (χ4v) is 2.61. The average Bonchev–Trinajstić information content (AvgIpc) is 3.08. The van der Waals surface area contributed by atoms with E-state index >= 15 is 0 Å². The van der Waals surface area contributed by atoms with Crippen LogP contribution in [0.4, 0.5) is 0 Å². The highest BCUT2D eigenvalue weighted by Crippen LogP contribution is 2.28. The number of amides is 1. The Hall–Kier alpha value is -1.46. The lowest BCUT2D eigenvalue weighted by molar-refractivity contribution is 0.0949. The van der Waals surface area contributed by atoms with E-state index in [-0.39, 0.29) is 18.3 Å². The molecule has 1 aromatic rings. The maximum absolute atomic E-state index is 12.3. The third kappa shape index (κ3) is 6.21. The van der Waals surface area contributed by atoms with Gasteiger partial charge in [-0.3, -0.25) is 4.79 Å². The van der Waals surface area contributed by atoms with Gasteiger partial charge in [0.2, 0.25) is 0 Å². The summed E-state index contributed by atoms with van der Waals surface area (Å²) in [5.74, 6) is 1.27. The Morgan fingerprint density at radius 2 is 2.12 bits per heavy atom. The van der Waals surface area contributed by atoms with Crippen LogP contribution in [0, 0.1) is 0 Å². The lowest BCUT2D eigenvalue weighted by atomic mass is 10.1. The number of nitrogens with one attached hydrogen (secondary N) is 2. The fourth-order valence-electron chi connectivity index (χ4n) is 2.61. The molecule has 0 bridgehead atoms. The summed E-state index contributed by atoms with van der Waals surface area (Å²) in [6.07, 6.45) is 4.38. The van der Waals surface area contributed by atoms with E-state index in [4.69, 9.17) is 9.47 Å². The highest BCUT2D eigenvalue weighted by Gasteiger charge is 2.16. The molecule has 0 radical (unpaired) electrons. The van der Waals surface area contributed by atoms with Crippen molar-refractivity contribution in [2.75, 3.05) is 26.3 Å². The van der Waals surface area contributed by atoms with Crippen LogP contribution in [0.5, 0.6) is 11.5 Å². The molecule has 2 rings (SSSR count). The zero-order chi connectivity index (χ0) is 16.5. The lowest BCUT2D eigenvalue weighted by Crippen LogP contribution is -2.37. The van der Waals surface area contributed by atoms with Crippen LogP contribution in [0.3, 0.4) is 0 Å². The molecule has 0 spiro atoms. The number of halogens is 1. The summed E-state index contributed by atoms with van der Waals surface area (Å²) in [7, 11) is 0. The van der Waals surface area contributed by atoms with Crippen molar-refractivity contribution < 1.29 is 14.3 Å². The molecule has 1 heterocycles. The third-order valence-corrected chi connectivity index (χ3v) is 3.93. The van der Waals surface area contributed by atoms with E-state index in [0.717, 1.165) is 25.8 Å². The van der Waals surface area contributed by atoms with Crippen LogP contribution >= 0.6 is 12.4 Å². The Morgan fingerprint density at radius 1 is 1.29 bits per heavy atom. The molecule has 1 aliphatic heterocycles. The average molecular weight is 357 g/mol. The van der Waals surface area contributed by atoms with E-state index in [1.54, 1.807) is 12.1 Å². The first-order valence-corrected chi connectivity index (χ1v) is 8.65. The molecule has 1 aliphatic rings. The Bertz CT molecular complexity index is 505. The first-order chi connectivity index (χ1) is 11.2. The van der Waals surface area contributed by atoms with Gasteiger partial charge in [0.15, 0.2) is 11.5 Å². The molecule has 1 aromatic carbocycles. The van der Waals surface area contributed by atoms with Gasteiger partial charge in [-0.15, -0.1) is 12.4 Å². The molecule has 0 aliphatic carbocycles. The molecule has 6 heteroatoms. The maximum atomic E-state index is 12.3. The van der Waals surface area contributed by atoms with Crippen LogP contribution in [-0.4, -0.2) is 38.3 Å². The van der Waals surface area contributed by atoms with Crippen molar-refractivity contribution in [2.24, 2.45) is 0 Å². The van der Waals surface area contributed by atoms with Crippen LogP contribution in [0.15, 0.2) is 18.2 Å². The Balaban J connectivity index is 0.00000288. The summed E-state index contributed by atoms with van der Waals surface area (Å²) in [5, 5.41) is 6.36. The Morgan fingerprint density at radius 3 is 2.79 bits per heavy atom. The summed E-state index contributed by atoms with van der Waals surface area (Å²) in [4.78, 5) is 12.3. The Labute approximate surface area is 150 Å². The number of carbonyl (C=O) groups excluding carboxylic acids is 1. The van der Waals surface area contributed by atoms with E-state index in [2.05, 4.69) is 17.6 Å². The Kier molecular flexibility index (Phi) is 9.57. The van der Waals surface area contributed by atoms with E-state index < -0.39 is 0 Å². The second-order valence-electron chi connectivity index (χ2n) is 5.80. The topological polar surface area (TPSA) is 59.6 Å². The highest BCUT2D eigenvalue weighted by molar-refractivity contribution is 5.94. The minimum absolute atomic E-state index is 0. The van der Waals surface area contributed by atoms with Gasteiger partial charge in [-0.25, -0.2) is 0 Å². The molecule has 2 N–H and O–H groups in total. The number of unbranched alkanes of at least 4 members (excludes halogenated alkanes) is 1. The smallest absolute Gasteiger partial charge is 0.251 e. The number of rotatable bonds is 9. The predicted octanol–water partition coefficient (Wildman–Crippen LogP) is 3.17. The molecule has 0 aromatic heterocycles. The van der Waals surface area contributed by atoms with Gasteiger partial charge in [-0.05, 0) is 50.9 Å². The summed E-state index contributed by atoms with van der Waals surface area (Å²) in [6, 6.07) is 5.77. The second kappa shape index (κ2) is 11.2. The highest BCUT2D eigenvalue weighted by atomic mass is 35.5. The largest absolute Gasteiger partial charge is 0.490 e. The minimum Gasteiger partial charge on any atom is -0.490 e. The zero-order valence-corrected chi connectivity index (χ0v) is 15.4. The number of hydrogen-bond acceptors (Lipinski definition) is 4. The van der Waals surface area contributed by atoms with Crippen molar-refractivity contribution in [1.82, 2.24) is 10.6 Å². The van der Waals surface area contributed by atoms with Gasteiger partial charge >= 0.3 is 0 Å². The molecule has 1 fully saturated rings. The van der Waals surface area contributed by atoms with Crippen molar-refractivity contribution in [3.05, 3.63) is 23.8 Å². The fraction of sp³-hybridized carbons (Fsp3) is 0.611. The van der Waals surface area contributed by atoms with E-state index in [0.29, 0.717) is 42.9 Å². The van der Waals surface area contributed by atoms with Crippen LogP contribution in [0.25, 0.3) is 0 Å². The van der Waals surface area contributed by atoms with E-state index in [9.17, 15) is 4.79 Å². The molecular formula is C18H29ClN2O3. The van der Waals surface area contributed by atoms with E-state index in [1.807, 2.05) is 13.0 Å². The van der Waals surface area contributed by atoms with Crippen LogP contribution < -0.4 is 20.1 Å². The molecule has 1 amide bonds. The van der Waals surface area contributed by atoms with Crippen LogP contribution in [0.2, 0.25) is 0 Å². The second-order valence-corrected chi connectivity index (χ2v) is 5.80. The van der Waals surface area contributed by atoms with Gasteiger partial charge in [-0.2, -0.15) is 0 Å². The summed E-state index contributed by atoms with van der Waals surface area (Å²) in [5.41, 5.74) is 0.606. The van der Waals surface area contributed by atoms with Crippen molar-refractivity contribution in [3.63, 3.8) is 0 Å². The molecule has 5 nitrogen and oxygen atoms in total. The van der Waals surface area contributed by atoms with Gasteiger partial charge in [0.25, 0.3) is 5.91 Å². The van der Waals surface area contributed by atoms with Gasteiger partial charge < -0.3 is 20.1 Å². The van der Waals surface area contributed by atoms with Crippen LogP contribution in [0.1, 0.15) is 49.9 Å². The van der Waals surface area contributed by atoms with E-state index in [1.165, 1.54) is 6.42 Å². The first kappa shape index (κ1) is 20.6. The SMILES string of the molecule is CCCCOc1ccc(C(=O)NCC2CCCN2)cc1OCC.Cl. The van der Waals surface area contributed by atoms with Crippen molar-refractivity contribution in [2.45, 2.75) is 45.6 Å². The lowest BCUT2D eigenvalue weighted by Gasteiger charge is -2.14. The quantitative estimate of drug-likeness (QED) is 0.667. The third-order valence-electron chi connectivity index (χ3n) is 3.93. The predicted molar refractivity (Wildman–Crippen MR) is 98.6 cm³/mol. The number of hydrogen-bond donors (Lipinski definition) is 2. The zero-order valence-electron chi connectivity index (χ0n) is 14.6. The molecule has 1 atom stereocenters. The monoisotopic (exact) mass is 356 g/mol. The van der Waals surface area contributed by atoms with Gasteiger partial charge in [0.1, 0.15) is 0 Å². The molecule has 136 valence electrons. The first-order valence-electron chi connectivity index (χ1n) is 8.65. The van der Waals surface area contributed by atoms with Gasteiger partial charge in [-0.1, -0.05) is 13.3 Å². The summed E-state index contributed by atoms with van der Waals surface area (Å²) < 4.78 is 11.4. The van der Waals surface area contributed by atoms with Crippen LogP contribution in [-0.2, 0) is 0 Å². The number of ether oxygens (including phenoxy) is 2. The van der Waals surface area contributed by atoms with Crippen molar-refractivity contribution in [1.29, 1.82) is 0 Å². The maximum Gasteiger partial charge on any atom is 0.251 e. The normalized spacial score (nSPS) is 16.3. The van der Waals surface area contributed by atoms with Gasteiger partial charge in [0.05, 0.1) is 13.2 Å². The van der Waals surface area contributed by atoms with Crippen molar-refractivity contribution in [3.8, 4) is 11.5 Å². The number of benzene rings is 1. The molecule has 24 heavy (non-hydrogen) atoms.